The van der Waals surface area contributed by atoms with Crippen molar-refractivity contribution in [3.05, 3.63) is 29.3 Å². The highest BCUT2D eigenvalue weighted by Gasteiger charge is 2.29. The molecule has 0 aromatic heterocycles. The molecule has 0 saturated carbocycles. The molecular formula is C20H32N2O3. The van der Waals surface area contributed by atoms with Crippen LogP contribution in [-0.2, 0) is 11.3 Å². The van der Waals surface area contributed by atoms with Gasteiger partial charge in [0.25, 0.3) is 0 Å². The number of amides is 2. The minimum Gasteiger partial charge on any atom is -0.494 e. The highest BCUT2D eigenvalue weighted by Crippen LogP contribution is 2.25. The van der Waals surface area contributed by atoms with E-state index in [1.165, 1.54) is 0 Å². The Labute approximate surface area is 151 Å². The summed E-state index contributed by atoms with van der Waals surface area (Å²) in [6.07, 6.45) is 3.83. The van der Waals surface area contributed by atoms with Crippen molar-refractivity contribution < 1.29 is 14.3 Å². The molecule has 1 fully saturated rings. The molecule has 25 heavy (non-hydrogen) atoms. The molecule has 1 N–H and O–H groups in total. The Morgan fingerprint density at radius 2 is 2.12 bits per heavy atom. The van der Waals surface area contributed by atoms with Gasteiger partial charge >= 0.3 is 6.03 Å². The zero-order valence-electron chi connectivity index (χ0n) is 16.1. The number of nitrogens with one attached hydrogen (secondary N) is 1. The van der Waals surface area contributed by atoms with Gasteiger partial charge in [-0.05, 0) is 62.8 Å². The summed E-state index contributed by atoms with van der Waals surface area (Å²) < 4.78 is 11.2. The number of nitrogens with zero attached hydrogens (tertiary/aromatic N) is 1. The van der Waals surface area contributed by atoms with Gasteiger partial charge in [-0.2, -0.15) is 0 Å². The van der Waals surface area contributed by atoms with E-state index in [1.807, 2.05) is 23.1 Å². The second kappa shape index (κ2) is 9.09. The number of methoxy groups -OCH3 is 1. The summed E-state index contributed by atoms with van der Waals surface area (Å²) >= 11 is 0. The lowest BCUT2D eigenvalue weighted by Gasteiger charge is -2.26. The second-order valence-electron chi connectivity index (χ2n) is 7.09. The number of hydrogen-bond donors (Lipinski definition) is 1. The molecule has 1 unspecified atom stereocenters. The molecule has 0 aliphatic carbocycles. The monoisotopic (exact) mass is 348 g/mol. The van der Waals surface area contributed by atoms with Crippen molar-refractivity contribution in [1.29, 1.82) is 0 Å². The van der Waals surface area contributed by atoms with Crippen LogP contribution in [0.1, 0.15) is 50.7 Å². The van der Waals surface area contributed by atoms with Gasteiger partial charge in [-0.25, -0.2) is 4.79 Å². The predicted molar refractivity (Wildman–Crippen MR) is 100 cm³/mol. The fraction of sp³-hybridized carbons (Fsp3) is 0.650. The smallest absolute Gasteiger partial charge is 0.317 e. The number of ether oxygens (including phenoxy) is 2. The molecule has 2 amide bonds. The number of urea groups is 1. The lowest BCUT2D eigenvalue weighted by atomic mass is 9.97. The molecule has 1 saturated heterocycles. The molecule has 1 aliphatic rings. The Morgan fingerprint density at radius 1 is 1.32 bits per heavy atom. The van der Waals surface area contributed by atoms with E-state index in [1.54, 1.807) is 7.11 Å². The van der Waals surface area contributed by atoms with E-state index in [4.69, 9.17) is 9.47 Å². The fourth-order valence-electron chi connectivity index (χ4n) is 3.12. The normalized spacial score (nSPS) is 20.9. The van der Waals surface area contributed by atoms with Crippen molar-refractivity contribution in [2.75, 3.05) is 26.8 Å². The summed E-state index contributed by atoms with van der Waals surface area (Å²) in [5.41, 5.74) is 2.14. The van der Waals surface area contributed by atoms with Gasteiger partial charge in [0.1, 0.15) is 5.75 Å². The molecule has 0 radical (unpaired) electrons. The summed E-state index contributed by atoms with van der Waals surface area (Å²) in [7, 11) is 1.76. The van der Waals surface area contributed by atoms with E-state index in [0.29, 0.717) is 6.54 Å². The van der Waals surface area contributed by atoms with Gasteiger partial charge in [-0.15, -0.1) is 0 Å². The van der Waals surface area contributed by atoms with Gasteiger partial charge in [-0.1, -0.05) is 13.0 Å². The predicted octanol–water partition coefficient (Wildman–Crippen LogP) is 3.88. The molecule has 5 nitrogen and oxygen atoms in total. The number of rotatable bonds is 6. The van der Waals surface area contributed by atoms with Crippen molar-refractivity contribution in [3.63, 3.8) is 0 Å². The zero-order valence-corrected chi connectivity index (χ0v) is 16.1. The zero-order chi connectivity index (χ0) is 18.3. The Morgan fingerprint density at radius 3 is 2.80 bits per heavy atom. The fourth-order valence-corrected chi connectivity index (χ4v) is 3.12. The highest BCUT2D eigenvalue weighted by molar-refractivity contribution is 5.74. The molecular weight excluding hydrogens is 316 g/mol. The number of benzene rings is 1. The SMILES string of the molecule is CCCOc1ccc(CNC(=O)N2CCCC(C)(OC)CC2)c(C)c1. The Kier molecular flexibility index (Phi) is 7.12. The maximum Gasteiger partial charge on any atom is 0.317 e. The van der Waals surface area contributed by atoms with Crippen LogP contribution in [0, 0.1) is 6.92 Å². The largest absolute Gasteiger partial charge is 0.494 e. The van der Waals surface area contributed by atoms with Crippen LogP contribution in [0.2, 0.25) is 0 Å². The molecule has 1 aliphatic heterocycles. The van der Waals surface area contributed by atoms with Crippen LogP contribution in [0.4, 0.5) is 4.79 Å². The average molecular weight is 348 g/mol. The summed E-state index contributed by atoms with van der Waals surface area (Å²) in [6, 6.07) is 6.05. The summed E-state index contributed by atoms with van der Waals surface area (Å²) in [5, 5.41) is 3.05. The minimum atomic E-state index is -0.111. The second-order valence-corrected chi connectivity index (χ2v) is 7.09. The quantitative estimate of drug-likeness (QED) is 0.849. The van der Waals surface area contributed by atoms with Gasteiger partial charge in [0.15, 0.2) is 0 Å². The van der Waals surface area contributed by atoms with Crippen molar-refractivity contribution >= 4 is 6.03 Å². The van der Waals surface area contributed by atoms with Crippen molar-refractivity contribution in [2.45, 2.75) is 58.6 Å². The number of likely N-dealkylation sites (tertiary alicyclic amines) is 1. The molecule has 1 aromatic rings. The van der Waals surface area contributed by atoms with E-state index < -0.39 is 0 Å². The third kappa shape index (κ3) is 5.63. The van der Waals surface area contributed by atoms with Gasteiger partial charge in [-0.3, -0.25) is 0 Å². The van der Waals surface area contributed by atoms with Crippen LogP contribution in [-0.4, -0.2) is 43.3 Å². The van der Waals surface area contributed by atoms with Gasteiger partial charge in [0, 0.05) is 26.7 Å². The van der Waals surface area contributed by atoms with E-state index in [9.17, 15) is 4.79 Å². The maximum absolute atomic E-state index is 12.5. The van der Waals surface area contributed by atoms with Gasteiger partial charge in [0.2, 0.25) is 0 Å². The number of carbonyl (C=O) groups is 1. The molecule has 0 spiro atoms. The summed E-state index contributed by atoms with van der Waals surface area (Å²) in [6.45, 7) is 9.05. The Bertz CT molecular complexity index is 576. The van der Waals surface area contributed by atoms with Gasteiger partial charge in [0.05, 0.1) is 12.2 Å². The molecule has 1 atom stereocenters. The van der Waals surface area contributed by atoms with Crippen LogP contribution in [0.5, 0.6) is 5.75 Å². The molecule has 0 bridgehead atoms. The number of hydrogen-bond acceptors (Lipinski definition) is 3. The molecule has 1 aromatic carbocycles. The van der Waals surface area contributed by atoms with E-state index in [-0.39, 0.29) is 11.6 Å². The summed E-state index contributed by atoms with van der Waals surface area (Å²) in [4.78, 5) is 14.4. The first kappa shape index (κ1) is 19.6. The molecule has 2 rings (SSSR count). The first-order valence-electron chi connectivity index (χ1n) is 9.27. The number of carbonyl (C=O) groups excluding carboxylic acids is 1. The average Bonchev–Trinajstić information content (AvgIpc) is 2.81. The molecule has 5 heteroatoms. The Balaban J connectivity index is 1.87. The van der Waals surface area contributed by atoms with Crippen molar-refractivity contribution in [3.8, 4) is 5.75 Å². The van der Waals surface area contributed by atoms with Crippen LogP contribution in [0.25, 0.3) is 0 Å². The van der Waals surface area contributed by atoms with Crippen molar-refractivity contribution in [2.24, 2.45) is 0 Å². The standard InChI is InChI=1S/C20H32N2O3/c1-5-13-25-18-8-7-17(16(2)14-18)15-21-19(23)22-11-6-9-20(3,24-4)10-12-22/h7-8,14H,5-6,9-13,15H2,1-4H3,(H,21,23). The van der Waals surface area contributed by atoms with E-state index >= 15 is 0 Å². The van der Waals surface area contributed by atoms with Crippen LogP contribution in [0.3, 0.4) is 0 Å². The highest BCUT2D eigenvalue weighted by atomic mass is 16.5. The lowest BCUT2D eigenvalue weighted by Crippen LogP contribution is -2.41. The third-order valence-electron chi connectivity index (χ3n) is 5.04. The first-order valence-corrected chi connectivity index (χ1v) is 9.27. The van der Waals surface area contributed by atoms with Crippen LogP contribution >= 0.6 is 0 Å². The lowest BCUT2D eigenvalue weighted by molar-refractivity contribution is -0.00499. The molecule has 140 valence electrons. The Hall–Kier alpha value is -1.75. The number of aryl methyl sites for hydroxylation is 1. The minimum absolute atomic E-state index is 0.00561. The van der Waals surface area contributed by atoms with E-state index in [2.05, 4.69) is 26.1 Å². The van der Waals surface area contributed by atoms with Crippen molar-refractivity contribution in [1.82, 2.24) is 10.2 Å². The third-order valence-corrected chi connectivity index (χ3v) is 5.04. The first-order chi connectivity index (χ1) is 12.0. The maximum atomic E-state index is 12.5. The van der Waals surface area contributed by atoms with E-state index in [0.717, 1.165) is 62.3 Å². The summed E-state index contributed by atoms with van der Waals surface area (Å²) in [5.74, 6) is 0.890. The molecule has 1 heterocycles. The topological polar surface area (TPSA) is 50.8 Å². The van der Waals surface area contributed by atoms with Crippen LogP contribution < -0.4 is 10.1 Å². The van der Waals surface area contributed by atoms with Crippen LogP contribution in [0.15, 0.2) is 18.2 Å². The van der Waals surface area contributed by atoms with Gasteiger partial charge < -0.3 is 19.7 Å².